The van der Waals surface area contributed by atoms with Crippen molar-refractivity contribution in [2.24, 2.45) is 0 Å². The lowest BCUT2D eigenvalue weighted by atomic mass is 10.1. The van der Waals surface area contributed by atoms with E-state index in [1.165, 1.54) is 5.56 Å². The van der Waals surface area contributed by atoms with Gasteiger partial charge < -0.3 is 14.4 Å². The lowest BCUT2D eigenvalue weighted by molar-refractivity contribution is 0.0650. The first-order valence-corrected chi connectivity index (χ1v) is 6.33. The first-order chi connectivity index (χ1) is 9.63. The Balaban J connectivity index is 1.84. The van der Waals surface area contributed by atoms with Crippen LogP contribution < -0.4 is 0 Å². The molecule has 1 N–H and O–H groups in total. The lowest BCUT2D eigenvalue weighted by Crippen LogP contribution is -2.20. The lowest BCUT2D eigenvalue weighted by Gasteiger charge is -2.24. The second kappa shape index (κ2) is 4.85. The topological polar surface area (TPSA) is 66.6 Å². The molecule has 0 radical (unpaired) electrons. The van der Waals surface area contributed by atoms with E-state index in [4.69, 9.17) is 9.52 Å². The molecule has 0 amide bonds. The maximum Gasteiger partial charge on any atom is 0.392 e. The van der Waals surface area contributed by atoms with Crippen LogP contribution >= 0.6 is 0 Å². The van der Waals surface area contributed by atoms with Gasteiger partial charge in [0, 0.05) is 12.7 Å². The van der Waals surface area contributed by atoms with E-state index in [1.54, 1.807) is 0 Å². The van der Waals surface area contributed by atoms with Gasteiger partial charge in [0.25, 0.3) is 0 Å². The standard InChI is InChI=1S/C15H14N2O3/c1-10-7-17(8-11-5-3-2-4-6-11)9-12-13(10)16-14(20-12)15(18)19/h2-7H,8-9H2,1H3,(H,18,19). The fourth-order valence-corrected chi connectivity index (χ4v) is 2.34. The number of fused-ring (bicyclic) bond motifs is 1. The van der Waals surface area contributed by atoms with Crippen LogP contribution in [0.2, 0.25) is 0 Å². The number of carboxylic acid groups (broad SMARTS) is 1. The number of oxazole rings is 1. The van der Waals surface area contributed by atoms with Crippen molar-refractivity contribution in [3.8, 4) is 0 Å². The Morgan fingerprint density at radius 1 is 1.40 bits per heavy atom. The van der Waals surface area contributed by atoms with E-state index in [0.29, 0.717) is 18.0 Å². The van der Waals surface area contributed by atoms with Crippen molar-refractivity contribution >= 4 is 11.5 Å². The normalized spacial score (nSPS) is 13.8. The van der Waals surface area contributed by atoms with Crippen LogP contribution in [0, 0.1) is 0 Å². The zero-order chi connectivity index (χ0) is 14.1. The predicted molar refractivity (Wildman–Crippen MR) is 72.8 cm³/mol. The molecule has 1 aromatic carbocycles. The number of carbonyl (C=O) groups is 1. The Labute approximate surface area is 116 Å². The molecule has 0 saturated carbocycles. The molecule has 2 heterocycles. The highest BCUT2D eigenvalue weighted by Crippen LogP contribution is 2.27. The highest BCUT2D eigenvalue weighted by molar-refractivity contribution is 5.83. The Morgan fingerprint density at radius 2 is 2.15 bits per heavy atom. The molecule has 1 aliphatic heterocycles. The van der Waals surface area contributed by atoms with E-state index in [9.17, 15) is 4.79 Å². The monoisotopic (exact) mass is 270 g/mol. The molecule has 102 valence electrons. The van der Waals surface area contributed by atoms with Gasteiger partial charge in [-0.15, -0.1) is 0 Å². The zero-order valence-electron chi connectivity index (χ0n) is 11.0. The molecule has 3 rings (SSSR count). The largest absolute Gasteiger partial charge is 0.474 e. The van der Waals surface area contributed by atoms with Gasteiger partial charge in [-0.2, -0.15) is 0 Å². The minimum absolute atomic E-state index is 0.246. The highest BCUT2D eigenvalue weighted by atomic mass is 16.4. The second-order valence-corrected chi connectivity index (χ2v) is 4.80. The van der Waals surface area contributed by atoms with E-state index >= 15 is 0 Å². The van der Waals surface area contributed by atoms with Crippen molar-refractivity contribution in [3.05, 3.63) is 59.4 Å². The van der Waals surface area contributed by atoms with E-state index < -0.39 is 5.97 Å². The van der Waals surface area contributed by atoms with Crippen molar-refractivity contribution < 1.29 is 14.3 Å². The highest BCUT2D eigenvalue weighted by Gasteiger charge is 2.24. The Morgan fingerprint density at radius 3 is 2.85 bits per heavy atom. The van der Waals surface area contributed by atoms with Gasteiger partial charge in [0.05, 0.1) is 6.54 Å². The Bertz CT molecular complexity index is 674. The molecule has 0 atom stereocenters. The quantitative estimate of drug-likeness (QED) is 0.928. The summed E-state index contributed by atoms with van der Waals surface area (Å²) in [6.07, 6.45) is 1.99. The van der Waals surface area contributed by atoms with E-state index in [-0.39, 0.29) is 5.89 Å². The van der Waals surface area contributed by atoms with E-state index in [0.717, 1.165) is 12.1 Å². The minimum Gasteiger partial charge on any atom is -0.474 e. The summed E-state index contributed by atoms with van der Waals surface area (Å²) < 4.78 is 5.31. The minimum atomic E-state index is -1.14. The van der Waals surface area contributed by atoms with Gasteiger partial charge in [-0.1, -0.05) is 30.3 Å². The van der Waals surface area contributed by atoms with Crippen LogP contribution in [0.3, 0.4) is 0 Å². The molecule has 0 saturated heterocycles. The molecule has 0 aliphatic carbocycles. The van der Waals surface area contributed by atoms with Gasteiger partial charge >= 0.3 is 11.9 Å². The predicted octanol–water partition coefficient (Wildman–Crippen LogP) is 2.75. The third kappa shape index (κ3) is 2.30. The number of hydrogen-bond donors (Lipinski definition) is 1. The molecule has 20 heavy (non-hydrogen) atoms. The Hall–Kier alpha value is -2.56. The summed E-state index contributed by atoms with van der Waals surface area (Å²) >= 11 is 0. The summed E-state index contributed by atoms with van der Waals surface area (Å²) in [6.45, 7) is 3.19. The van der Waals surface area contributed by atoms with E-state index in [1.807, 2.05) is 31.3 Å². The summed E-state index contributed by atoms with van der Waals surface area (Å²) in [5.41, 5.74) is 2.75. The SMILES string of the molecule is CC1=CN(Cc2ccccc2)Cc2oc(C(=O)O)nc21. The summed E-state index contributed by atoms with van der Waals surface area (Å²) in [6, 6.07) is 10.1. The molecule has 0 fully saturated rings. The third-order valence-corrected chi connectivity index (χ3v) is 3.21. The average Bonchev–Trinajstić information content (AvgIpc) is 2.84. The van der Waals surface area contributed by atoms with Crippen LogP contribution in [-0.2, 0) is 13.1 Å². The molecule has 5 heteroatoms. The molecule has 0 spiro atoms. The van der Waals surface area contributed by atoms with Gasteiger partial charge in [0.15, 0.2) is 5.76 Å². The smallest absolute Gasteiger partial charge is 0.392 e. The van der Waals surface area contributed by atoms with Crippen LogP contribution in [0.25, 0.3) is 5.57 Å². The average molecular weight is 270 g/mol. The van der Waals surface area contributed by atoms with Crippen molar-refractivity contribution in [1.29, 1.82) is 0 Å². The molecule has 1 aromatic heterocycles. The maximum absolute atomic E-state index is 10.9. The number of carboxylic acids is 1. The van der Waals surface area contributed by atoms with Crippen LogP contribution in [0.4, 0.5) is 0 Å². The van der Waals surface area contributed by atoms with Crippen molar-refractivity contribution in [1.82, 2.24) is 9.88 Å². The van der Waals surface area contributed by atoms with Crippen molar-refractivity contribution in [3.63, 3.8) is 0 Å². The first kappa shape index (κ1) is 12.5. The fourth-order valence-electron chi connectivity index (χ4n) is 2.34. The second-order valence-electron chi connectivity index (χ2n) is 4.80. The molecule has 1 aliphatic rings. The van der Waals surface area contributed by atoms with Crippen LogP contribution in [0.1, 0.15) is 34.6 Å². The van der Waals surface area contributed by atoms with E-state index in [2.05, 4.69) is 22.0 Å². The Kier molecular flexibility index (Phi) is 3.02. The zero-order valence-corrected chi connectivity index (χ0v) is 11.0. The molecule has 5 nitrogen and oxygen atoms in total. The van der Waals surface area contributed by atoms with Gasteiger partial charge in [-0.3, -0.25) is 0 Å². The molecule has 0 unspecified atom stereocenters. The van der Waals surface area contributed by atoms with Gasteiger partial charge in [-0.05, 0) is 18.1 Å². The maximum atomic E-state index is 10.9. The third-order valence-electron chi connectivity index (χ3n) is 3.21. The number of rotatable bonds is 3. The molecular formula is C15H14N2O3. The number of allylic oxidation sites excluding steroid dienone is 1. The molecule has 2 aromatic rings. The number of hydrogen-bond acceptors (Lipinski definition) is 4. The first-order valence-electron chi connectivity index (χ1n) is 6.33. The fraction of sp³-hybridized carbons (Fsp3) is 0.200. The summed E-state index contributed by atoms with van der Waals surface area (Å²) in [5, 5.41) is 8.93. The number of aromatic carboxylic acids is 1. The summed E-state index contributed by atoms with van der Waals surface area (Å²) in [5.74, 6) is -0.774. The van der Waals surface area contributed by atoms with Crippen LogP contribution in [-0.4, -0.2) is 21.0 Å². The van der Waals surface area contributed by atoms with Gasteiger partial charge in [0.1, 0.15) is 5.69 Å². The van der Waals surface area contributed by atoms with Gasteiger partial charge in [-0.25, -0.2) is 9.78 Å². The molecule has 0 bridgehead atoms. The van der Waals surface area contributed by atoms with Crippen LogP contribution in [0.15, 0.2) is 40.9 Å². The number of nitrogens with zero attached hydrogens (tertiary/aromatic N) is 2. The number of aromatic nitrogens is 1. The summed E-state index contributed by atoms with van der Waals surface area (Å²) in [4.78, 5) is 17.0. The van der Waals surface area contributed by atoms with Crippen molar-refractivity contribution in [2.75, 3.05) is 0 Å². The number of benzene rings is 1. The van der Waals surface area contributed by atoms with Crippen molar-refractivity contribution in [2.45, 2.75) is 20.0 Å². The summed E-state index contributed by atoms with van der Waals surface area (Å²) in [7, 11) is 0. The molecular weight excluding hydrogens is 256 g/mol. The van der Waals surface area contributed by atoms with Crippen LogP contribution in [0.5, 0.6) is 0 Å². The van der Waals surface area contributed by atoms with Gasteiger partial charge in [0.2, 0.25) is 0 Å².